The van der Waals surface area contributed by atoms with Crippen LogP contribution in [0.25, 0.3) is 0 Å². The summed E-state index contributed by atoms with van der Waals surface area (Å²) in [4.78, 5) is 14.5. The van der Waals surface area contributed by atoms with Crippen molar-refractivity contribution in [1.82, 2.24) is 9.55 Å². The normalized spacial score (nSPS) is 11.3. The number of benzene rings is 1. The molecule has 0 saturated heterocycles. The summed E-state index contributed by atoms with van der Waals surface area (Å²) >= 11 is 0. The summed E-state index contributed by atoms with van der Waals surface area (Å²) in [7, 11) is -3.89. The number of rotatable bonds is 5. The first-order valence-electron chi connectivity index (χ1n) is 5.94. The van der Waals surface area contributed by atoms with Crippen molar-refractivity contribution < 1.29 is 23.4 Å². The predicted octanol–water partition coefficient (Wildman–Crippen LogP) is 1.11. The number of hydrogen-bond acceptors (Lipinski definition) is 5. The number of phenols is 1. The summed E-state index contributed by atoms with van der Waals surface area (Å²) in [6.45, 7) is 2.42. The van der Waals surface area contributed by atoms with E-state index in [1.165, 1.54) is 18.6 Å². The van der Waals surface area contributed by atoms with E-state index >= 15 is 0 Å². The maximum absolute atomic E-state index is 12.1. The number of aryl methyl sites for hydroxylation is 1. The SMILES string of the molecule is CCn1cnc(S(=O)(=O)Nc2ccc(C(=O)O)c(O)c2)c1. The van der Waals surface area contributed by atoms with Crippen LogP contribution in [0.3, 0.4) is 0 Å². The Hall–Kier alpha value is -2.55. The third kappa shape index (κ3) is 3.14. The molecule has 0 amide bonds. The number of sulfonamides is 1. The summed E-state index contributed by atoms with van der Waals surface area (Å²) in [6, 6.07) is 3.38. The number of nitrogens with zero attached hydrogens (tertiary/aromatic N) is 2. The fourth-order valence-electron chi connectivity index (χ4n) is 1.63. The van der Waals surface area contributed by atoms with Gasteiger partial charge < -0.3 is 14.8 Å². The number of nitrogens with one attached hydrogen (secondary N) is 1. The van der Waals surface area contributed by atoms with Gasteiger partial charge in [0.25, 0.3) is 10.0 Å². The third-order valence-electron chi connectivity index (χ3n) is 2.73. The molecule has 0 saturated carbocycles. The van der Waals surface area contributed by atoms with Gasteiger partial charge in [0.05, 0.1) is 12.0 Å². The lowest BCUT2D eigenvalue weighted by Crippen LogP contribution is -2.13. The highest BCUT2D eigenvalue weighted by Gasteiger charge is 2.18. The van der Waals surface area contributed by atoms with Crippen LogP contribution in [-0.2, 0) is 16.6 Å². The topological polar surface area (TPSA) is 122 Å². The highest BCUT2D eigenvalue weighted by Crippen LogP contribution is 2.23. The molecule has 21 heavy (non-hydrogen) atoms. The third-order valence-corrected chi connectivity index (χ3v) is 4.00. The number of imidazole rings is 1. The fraction of sp³-hybridized carbons (Fsp3) is 0.167. The van der Waals surface area contributed by atoms with Crippen molar-refractivity contribution in [3.05, 3.63) is 36.3 Å². The van der Waals surface area contributed by atoms with Crippen LogP contribution in [0, 0.1) is 0 Å². The molecule has 112 valence electrons. The molecule has 0 aliphatic heterocycles. The Bertz CT molecular complexity index is 782. The quantitative estimate of drug-likeness (QED) is 0.760. The molecule has 8 nitrogen and oxygen atoms in total. The number of anilines is 1. The standard InChI is InChI=1S/C12H13N3O5S/c1-2-15-6-11(13-7-15)21(19,20)14-8-3-4-9(12(17)18)10(16)5-8/h3-7,14,16H,2H2,1H3,(H,17,18). The number of hydrogen-bond donors (Lipinski definition) is 3. The highest BCUT2D eigenvalue weighted by atomic mass is 32.2. The molecule has 0 bridgehead atoms. The zero-order valence-electron chi connectivity index (χ0n) is 11.0. The van der Waals surface area contributed by atoms with E-state index in [1.807, 2.05) is 6.92 Å². The van der Waals surface area contributed by atoms with E-state index in [0.717, 1.165) is 12.1 Å². The minimum atomic E-state index is -3.89. The van der Waals surface area contributed by atoms with Crippen molar-refractivity contribution in [3.8, 4) is 5.75 Å². The molecular formula is C12H13N3O5S. The second-order valence-electron chi connectivity index (χ2n) is 4.18. The second kappa shape index (κ2) is 5.44. The molecule has 9 heteroatoms. The Morgan fingerprint density at radius 2 is 2.14 bits per heavy atom. The zero-order chi connectivity index (χ0) is 15.6. The van der Waals surface area contributed by atoms with E-state index in [9.17, 15) is 18.3 Å². The Morgan fingerprint density at radius 1 is 1.43 bits per heavy atom. The number of aromatic hydroxyl groups is 1. The van der Waals surface area contributed by atoms with Gasteiger partial charge in [-0.3, -0.25) is 4.72 Å². The molecule has 0 aliphatic rings. The fourth-order valence-corrected chi connectivity index (χ4v) is 2.64. The van der Waals surface area contributed by atoms with Gasteiger partial charge in [-0.1, -0.05) is 0 Å². The Balaban J connectivity index is 2.28. The molecule has 2 aromatic rings. The number of carboxylic acids is 1. The molecule has 0 atom stereocenters. The lowest BCUT2D eigenvalue weighted by molar-refractivity contribution is 0.0694. The largest absolute Gasteiger partial charge is 0.507 e. The summed E-state index contributed by atoms with van der Waals surface area (Å²) in [6.07, 6.45) is 2.76. The summed E-state index contributed by atoms with van der Waals surface area (Å²) < 4.78 is 28.0. The van der Waals surface area contributed by atoms with Gasteiger partial charge in [0.1, 0.15) is 11.3 Å². The van der Waals surface area contributed by atoms with Crippen molar-refractivity contribution >= 4 is 21.7 Å². The Kier molecular flexibility index (Phi) is 3.85. The van der Waals surface area contributed by atoms with E-state index in [2.05, 4.69) is 9.71 Å². The van der Waals surface area contributed by atoms with Crippen molar-refractivity contribution in [2.45, 2.75) is 18.5 Å². The maximum Gasteiger partial charge on any atom is 0.339 e. The predicted molar refractivity (Wildman–Crippen MR) is 73.8 cm³/mol. The number of aromatic carboxylic acids is 1. The zero-order valence-corrected chi connectivity index (χ0v) is 11.8. The molecule has 1 heterocycles. The molecular weight excluding hydrogens is 298 g/mol. The number of carbonyl (C=O) groups is 1. The van der Waals surface area contributed by atoms with Gasteiger partial charge in [-0.2, -0.15) is 8.42 Å². The highest BCUT2D eigenvalue weighted by molar-refractivity contribution is 7.92. The minimum absolute atomic E-state index is 0.0450. The van der Waals surface area contributed by atoms with Crippen LogP contribution < -0.4 is 4.72 Å². The molecule has 2 rings (SSSR count). The van der Waals surface area contributed by atoms with Crippen LogP contribution in [0.1, 0.15) is 17.3 Å². The van der Waals surface area contributed by atoms with Gasteiger partial charge in [-0.05, 0) is 19.1 Å². The summed E-state index contributed by atoms with van der Waals surface area (Å²) in [5.41, 5.74) is -0.267. The van der Waals surface area contributed by atoms with E-state index in [0.29, 0.717) is 6.54 Å². The monoisotopic (exact) mass is 311 g/mol. The van der Waals surface area contributed by atoms with E-state index in [4.69, 9.17) is 5.11 Å². The molecule has 3 N–H and O–H groups in total. The smallest absolute Gasteiger partial charge is 0.339 e. The first-order chi connectivity index (χ1) is 9.83. The van der Waals surface area contributed by atoms with Gasteiger partial charge in [-0.25, -0.2) is 9.78 Å². The number of carboxylic acid groups (broad SMARTS) is 1. The molecule has 1 aromatic carbocycles. The van der Waals surface area contributed by atoms with Crippen LogP contribution in [-0.4, -0.2) is 34.2 Å². The Labute approximate surface area is 120 Å². The van der Waals surface area contributed by atoms with Crippen LogP contribution in [0.5, 0.6) is 5.75 Å². The van der Waals surface area contributed by atoms with E-state index in [-0.39, 0.29) is 16.3 Å². The second-order valence-corrected chi connectivity index (χ2v) is 5.81. The molecule has 0 unspecified atom stereocenters. The van der Waals surface area contributed by atoms with Gasteiger partial charge >= 0.3 is 5.97 Å². The summed E-state index contributed by atoms with van der Waals surface area (Å²) in [5, 5.41) is 18.2. The van der Waals surface area contributed by atoms with Gasteiger partial charge in [0.2, 0.25) is 0 Å². The van der Waals surface area contributed by atoms with Gasteiger partial charge in [0.15, 0.2) is 5.03 Å². The summed E-state index contributed by atoms with van der Waals surface area (Å²) in [5.74, 6) is -1.83. The average Bonchev–Trinajstić information content (AvgIpc) is 2.87. The van der Waals surface area contributed by atoms with Gasteiger partial charge in [-0.15, -0.1) is 0 Å². The van der Waals surface area contributed by atoms with Crippen LogP contribution in [0.4, 0.5) is 5.69 Å². The van der Waals surface area contributed by atoms with Crippen molar-refractivity contribution in [2.75, 3.05) is 4.72 Å². The van der Waals surface area contributed by atoms with Crippen LogP contribution >= 0.6 is 0 Å². The van der Waals surface area contributed by atoms with E-state index in [1.54, 1.807) is 4.57 Å². The molecule has 0 radical (unpaired) electrons. The van der Waals surface area contributed by atoms with Crippen molar-refractivity contribution in [2.24, 2.45) is 0 Å². The lowest BCUT2D eigenvalue weighted by atomic mass is 10.2. The van der Waals surface area contributed by atoms with Crippen LogP contribution in [0.2, 0.25) is 0 Å². The van der Waals surface area contributed by atoms with Crippen molar-refractivity contribution in [3.63, 3.8) is 0 Å². The van der Waals surface area contributed by atoms with Gasteiger partial charge in [0, 0.05) is 18.8 Å². The maximum atomic E-state index is 12.1. The lowest BCUT2D eigenvalue weighted by Gasteiger charge is -2.07. The average molecular weight is 311 g/mol. The van der Waals surface area contributed by atoms with E-state index < -0.39 is 21.7 Å². The molecule has 0 fully saturated rings. The Morgan fingerprint density at radius 3 is 2.67 bits per heavy atom. The first-order valence-corrected chi connectivity index (χ1v) is 7.42. The number of aromatic nitrogens is 2. The van der Waals surface area contributed by atoms with Crippen molar-refractivity contribution in [1.29, 1.82) is 0 Å². The molecule has 1 aromatic heterocycles. The first kappa shape index (κ1) is 14.9. The minimum Gasteiger partial charge on any atom is -0.507 e. The molecule has 0 spiro atoms. The van der Waals surface area contributed by atoms with Crippen LogP contribution in [0.15, 0.2) is 35.7 Å². The molecule has 0 aliphatic carbocycles.